The number of benzene rings is 1. The second-order valence-electron chi connectivity index (χ2n) is 6.88. The van der Waals surface area contributed by atoms with Gasteiger partial charge in [-0.3, -0.25) is 0 Å². The molecule has 1 saturated carbocycles. The summed E-state index contributed by atoms with van der Waals surface area (Å²) in [5.41, 5.74) is 7.10. The maximum Gasteiger partial charge on any atom is 0.127 e. The zero-order chi connectivity index (χ0) is 14.3. The maximum absolute atomic E-state index is 13.5. The van der Waals surface area contributed by atoms with Crippen molar-refractivity contribution in [1.29, 1.82) is 0 Å². The van der Waals surface area contributed by atoms with Crippen molar-refractivity contribution in [3.8, 4) is 5.75 Å². The van der Waals surface area contributed by atoms with E-state index in [1.165, 1.54) is 25.0 Å². The number of halogens is 1. The normalized spacial score (nSPS) is 33.0. The second kappa shape index (κ2) is 5.03. The van der Waals surface area contributed by atoms with E-state index in [4.69, 9.17) is 10.5 Å². The molecule has 1 aliphatic carbocycles. The van der Waals surface area contributed by atoms with Gasteiger partial charge in [0.25, 0.3) is 0 Å². The molecule has 2 nitrogen and oxygen atoms in total. The minimum atomic E-state index is -0.246. The highest BCUT2D eigenvalue weighted by molar-refractivity contribution is 5.39. The summed E-state index contributed by atoms with van der Waals surface area (Å²) in [6.45, 7) is 4.56. The van der Waals surface area contributed by atoms with Gasteiger partial charge >= 0.3 is 0 Å². The number of rotatable bonds is 1. The minimum Gasteiger partial charge on any atom is -0.487 e. The van der Waals surface area contributed by atoms with E-state index in [9.17, 15) is 4.39 Å². The summed E-state index contributed by atoms with van der Waals surface area (Å²) in [6.07, 6.45) is 5.40. The lowest BCUT2D eigenvalue weighted by atomic mass is 9.70. The molecule has 1 heterocycles. The van der Waals surface area contributed by atoms with Crippen LogP contribution in [0.4, 0.5) is 4.39 Å². The van der Waals surface area contributed by atoms with E-state index in [0.29, 0.717) is 17.6 Å². The first kappa shape index (κ1) is 13.9. The van der Waals surface area contributed by atoms with Gasteiger partial charge in [-0.2, -0.15) is 0 Å². The van der Waals surface area contributed by atoms with Crippen LogP contribution in [0.5, 0.6) is 5.75 Å². The van der Waals surface area contributed by atoms with Gasteiger partial charge in [-0.25, -0.2) is 4.39 Å². The van der Waals surface area contributed by atoms with Crippen LogP contribution in [-0.4, -0.2) is 5.60 Å². The zero-order valence-corrected chi connectivity index (χ0v) is 12.4. The van der Waals surface area contributed by atoms with Crippen molar-refractivity contribution in [1.82, 2.24) is 0 Å². The molecule has 0 aromatic heterocycles. The van der Waals surface area contributed by atoms with E-state index >= 15 is 0 Å². The monoisotopic (exact) mass is 277 g/mol. The number of hydrogen-bond donors (Lipinski definition) is 1. The topological polar surface area (TPSA) is 35.2 Å². The molecule has 3 rings (SSSR count). The molecule has 1 aromatic carbocycles. The number of fused-ring (bicyclic) bond motifs is 1. The fourth-order valence-electron chi connectivity index (χ4n) is 3.90. The van der Waals surface area contributed by atoms with Crippen molar-refractivity contribution in [2.24, 2.45) is 17.6 Å². The molecule has 3 atom stereocenters. The van der Waals surface area contributed by atoms with Crippen LogP contribution in [0.2, 0.25) is 0 Å². The lowest BCUT2D eigenvalue weighted by Crippen LogP contribution is -2.47. The molecule has 0 radical (unpaired) electrons. The van der Waals surface area contributed by atoms with Crippen LogP contribution < -0.4 is 10.5 Å². The largest absolute Gasteiger partial charge is 0.487 e. The zero-order valence-electron chi connectivity index (χ0n) is 12.4. The molecule has 1 aromatic rings. The van der Waals surface area contributed by atoms with Crippen molar-refractivity contribution in [3.05, 3.63) is 29.6 Å². The van der Waals surface area contributed by atoms with Gasteiger partial charge in [0, 0.05) is 24.1 Å². The van der Waals surface area contributed by atoms with Gasteiger partial charge in [-0.1, -0.05) is 19.9 Å². The SMILES string of the molecule is CC(C)C1CCCC2(C1)C[C@H](N)c1ccc(F)cc1O2. The van der Waals surface area contributed by atoms with Crippen LogP contribution in [-0.2, 0) is 0 Å². The van der Waals surface area contributed by atoms with E-state index in [-0.39, 0.29) is 17.5 Å². The highest BCUT2D eigenvalue weighted by Crippen LogP contribution is 2.48. The molecule has 0 bridgehead atoms. The minimum absolute atomic E-state index is 0.0368. The Labute approximate surface area is 120 Å². The number of nitrogens with two attached hydrogens (primary N) is 1. The number of ether oxygens (including phenoxy) is 1. The third-order valence-electron chi connectivity index (χ3n) is 5.08. The fourth-order valence-corrected chi connectivity index (χ4v) is 3.90. The number of hydrogen-bond acceptors (Lipinski definition) is 2. The summed E-state index contributed by atoms with van der Waals surface area (Å²) in [6, 6.07) is 4.70. The van der Waals surface area contributed by atoms with E-state index in [1.54, 1.807) is 6.07 Å². The van der Waals surface area contributed by atoms with Crippen molar-refractivity contribution in [2.75, 3.05) is 0 Å². The van der Waals surface area contributed by atoms with Gasteiger partial charge in [0.2, 0.25) is 0 Å². The van der Waals surface area contributed by atoms with Gasteiger partial charge in [0.15, 0.2) is 0 Å². The van der Waals surface area contributed by atoms with Crippen LogP contribution in [0, 0.1) is 17.7 Å². The Bertz CT molecular complexity index is 502. The molecule has 110 valence electrons. The Morgan fingerprint density at radius 2 is 2.15 bits per heavy atom. The third kappa shape index (κ3) is 2.44. The highest BCUT2D eigenvalue weighted by Gasteiger charge is 2.44. The van der Waals surface area contributed by atoms with Crippen LogP contribution >= 0.6 is 0 Å². The Morgan fingerprint density at radius 1 is 1.35 bits per heavy atom. The van der Waals surface area contributed by atoms with Crippen molar-refractivity contribution >= 4 is 0 Å². The van der Waals surface area contributed by atoms with Crippen LogP contribution in [0.15, 0.2) is 18.2 Å². The van der Waals surface area contributed by atoms with Crippen LogP contribution in [0.25, 0.3) is 0 Å². The molecular formula is C17H24FNO. The Morgan fingerprint density at radius 3 is 2.90 bits per heavy atom. The average Bonchev–Trinajstić information content (AvgIpc) is 2.37. The second-order valence-corrected chi connectivity index (χ2v) is 6.88. The first-order chi connectivity index (χ1) is 9.49. The molecule has 1 fully saturated rings. The molecule has 2 unspecified atom stereocenters. The predicted octanol–water partition coefficient (Wildman–Crippen LogP) is 4.19. The van der Waals surface area contributed by atoms with E-state index < -0.39 is 0 Å². The molecule has 1 spiro atoms. The Hall–Kier alpha value is -1.09. The van der Waals surface area contributed by atoms with Gasteiger partial charge < -0.3 is 10.5 Å². The summed E-state index contributed by atoms with van der Waals surface area (Å²) in [4.78, 5) is 0. The molecule has 1 aliphatic heterocycles. The molecular weight excluding hydrogens is 253 g/mol. The summed E-state index contributed by atoms with van der Waals surface area (Å²) in [7, 11) is 0. The average molecular weight is 277 g/mol. The summed E-state index contributed by atoms with van der Waals surface area (Å²) in [5.74, 6) is 1.77. The van der Waals surface area contributed by atoms with E-state index in [2.05, 4.69) is 13.8 Å². The molecule has 3 heteroatoms. The van der Waals surface area contributed by atoms with E-state index in [1.807, 2.05) is 0 Å². The van der Waals surface area contributed by atoms with Gasteiger partial charge in [0.1, 0.15) is 17.2 Å². The van der Waals surface area contributed by atoms with Crippen LogP contribution in [0.3, 0.4) is 0 Å². The summed E-state index contributed by atoms with van der Waals surface area (Å²) >= 11 is 0. The summed E-state index contributed by atoms with van der Waals surface area (Å²) < 4.78 is 19.7. The first-order valence-electron chi connectivity index (χ1n) is 7.73. The predicted molar refractivity (Wildman–Crippen MR) is 78.1 cm³/mol. The molecule has 0 amide bonds. The van der Waals surface area contributed by atoms with Crippen molar-refractivity contribution in [3.63, 3.8) is 0 Å². The van der Waals surface area contributed by atoms with Gasteiger partial charge in [0.05, 0.1) is 0 Å². The fraction of sp³-hybridized carbons (Fsp3) is 0.647. The standard InChI is InChI=1S/C17H24FNO/c1-11(2)12-4-3-7-17(9-12)10-15(19)14-6-5-13(18)8-16(14)20-17/h5-6,8,11-12,15H,3-4,7,9-10,19H2,1-2H3/t12?,15-,17?/m0/s1. The van der Waals surface area contributed by atoms with E-state index in [0.717, 1.165) is 24.8 Å². The lowest BCUT2D eigenvalue weighted by Gasteiger charge is -2.46. The highest BCUT2D eigenvalue weighted by atomic mass is 19.1. The van der Waals surface area contributed by atoms with Crippen molar-refractivity contribution < 1.29 is 9.13 Å². The van der Waals surface area contributed by atoms with Crippen LogP contribution in [0.1, 0.15) is 57.6 Å². The Kier molecular flexibility index (Phi) is 3.49. The third-order valence-corrected chi connectivity index (χ3v) is 5.08. The maximum atomic E-state index is 13.5. The molecule has 2 aliphatic rings. The molecule has 20 heavy (non-hydrogen) atoms. The summed E-state index contributed by atoms with van der Waals surface area (Å²) in [5, 5.41) is 0. The van der Waals surface area contributed by atoms with Crippen molar-refractivity contribution in [2.45, 2.75) is 57.6 Å². The lowest BCUT2D eigenvalue weighted by molar-refractivity contribution is -0.0251. The quantitative estimate of drug-likeness (QED) is 0.835. The Balaban J connectivity index is 1.89. The molecule has 2 N–H and O–H groups in total. The van der Waals surface area contributed by atoms with Gasteiger partial charge in [-0.15, -0.1) is 0 Å². The smallest absolute Gasteiger partial charge is 0.127 e. The first-order valence-corrected chi connectivity index (χ1v) is 7.73. The molecule has 0 saturated heterocycles. The van der Waals surface area contributed by atoms with Gasteiger partial charge in [-0.05, 0) is 43.6 Å².